The van der Waals surface area contributed by atoms with E-state index in [0.717, 1.165) is 33.3 Å². The van der Waals surface area contributed by atoms with Crippen molar-refractivity contribution in [3.8, 4) is 17.1 Å². The Morgan fingerprint density at radius 3 is 2.76 bits per heavy atom. The number of pyridine rings is 1. The molecule has 6 rings (SSSR count). The number of aromatic nitrogens is 5. The van der Waals surface area contributed by atoms with E-state index in [1.807, 2.05) is 42.5 Å². The number of rotatable bonds is 4. The summed E-state index contributed by atoms with van der Waals surface area (Å²) in [6, 6.07) is 17.1. The molecule has 0 unspecified atom stereocenters. The molecule has 3 aromatic heterocycles. The number of carbonyl (C=O) groups is 1. The predicted molar refractivity (Wildman–Crippen MR) is 126 cm³/mol. The van der Waals surface area contributed by atoms with E-state index in [1.54, 1.807) is 41.8 Å². The number of benzene rings is 2. The molecule has 2 aromatic carbocycles. The van der Waals surface area contributed by atoms with Crippen LogP contribution in [0.4, 0.5) is 16.3 Å². The monoisotopic (exact) mass is 449 g/mol. The number of H-pyrrole nitrogens is 1. The zero-order valence-corrected chi connectivity index (χ0v) is 18.0. The molecule has 0 aliphatic carbocycles. The summed E-state index contributed by atoms with van der Waals surface area (Å²) in [5.74, 6) is 1.77. The molecule has 1 aliphatic rings. The molecule has 0 fully saturated rings. The minimum Gasteiger partial charge on any atom is -0.410 e. The van der Waals surface area contributed by atoms with Gasteiger partial charge in [-0.25, -0.2) is 14.8 Å². The average Bonchev–Trinajstić information content (AvgIpc) is 3.51. The number of aromatic amines is 1. The number of fused-ring (bicyclic) bond motifs is 2. The van der Waals surface area contributed by atoms with Crippen LogP contribution < -0.4 is 10.1 Å². The Labute approximate surface area is 194 Å². The number of nitrogens with zero attached hydrogens (tertiary/aromatic N) is 5. The van der Waals surface area contributed by atoms with Gasteiger partial charge in [0.15, 0.2) is 5.82 Å². The maximum Gasteiger partial charge on any atom is 0.415 e. The highest BCUT2D eigenvalue weighted by molar-refractivity contribution is 5.82. The molecule has 166 valence electrons. The highest BCUT2D eigenvalue weighted by atomic mass is 16.6. The molecule has 4 heterocycles. The summed E-state index contributed by atoms with van der Waals surface area (Å²) in [6.45, 7) is 0.966. The van der Waals surface area contributed by atoms with Gasteiger partial charge in [0.2, 0.25) is 0 Å². The van der Waals surface area contributed by atoms with E-state index in [1.165, 1.54) is 0 Å². The Bertz CT molecular complexity index is 1500. The third kappa shape index (κ3) is 3.90. The lowest BCUT2D eigenvalue weighted by molar-refractivity contribution is 0.152. The first-order chi connectivity index (χ1) is 16.7. The van der Waals surface area contributed by atoms with Gasteiger partial charge >= 0.3 is 6.09 Å². The summed E-state index contributed by atoms with van der Waals surface area (Å²) in [5.41, 5.74) is 4.91. The molecule has 0 radical (unpaired) electrons. The van der Waals surface area contributed by atoms with E-state index in [4.69, 9.17) is 4.74 Å². The number of nitrogens with one attached hydrogen (secondary N) is 2. The highest BCUT2D eigenvalue weighted by Crippen LogP contribution is 2.29. The number of carbonyl (C=O) groups excluding carboxylic acids is 1. The molecule has 2 N–H and O–H groups in total. The van der Waals surface area contributed by atoms with Gasteiger partial charge in [-0.1, -0.05) is 12.1 Å². The Morgan fingerprint density at radius 2 is 1.85 bits per heavy atom. The summed E-state index contributed by atoms with van der Waals surface area (Å²) in [4.78, 5) is 27.3. The van der Waals surface area contributed by atoms with Crippen molar-refractivity contribution in [1.82, 2.24) is 30.0 Å². The van der Waals surface area contributed by atoms with Crippen molar-refractivity contribution in [3.63, 3.8) is 0 Å². The van der Waals surface area contributed by atoms with Gasteiger partial charge in [-0.2, -0.15) is 5.10 Å². The molecule has 9 nitrogen and oxygen atoms in total. The molecule has 34 heavy (non-hydrogen) atoms. The van der Waals surface area contributed by atoms with Crippen LogP contribution in [0.1, 0.15) is 11.1 Å². The number of hydrogen-bond donors (Lipinski definition) is 2. The van der Waals surface area contributed by atoms with Crippen molar-refractivity contribution in [2.24, 2.45) is 0 Å². The fourth-order valence-corrected chi connectivity index (χ4v) is 3.97. The maximum absolute atomic E-state index is 12.6. The van der Waals surface area contributed by atoms with Crippen LogP contribution in [0, 0.1) is 0 Å². The van der Waals surface area contributed by atoms with Gasteiger partial charge in [0.05, 0.1) is 11.7 Å². The lowest BCUT2D eigenvalue weighted by Crippen LogP contribution is -2.28. The normalized spacial score (nSPS) is 12.5. The topological polar surface area (TPSA) is 109 Å². The van der Waals surface area contributed by atoms with E-state index in [0.29, 0.717) is 30.5 Å². The molecule has 9 heteroatoms. The first-order valence-electron chi connectivity index (χ1n) is 10.7. The standard InChI is InChI=1S/C25H19N7O2/c33-25(34-21-5-8-26-9-6-21)32-14-17-2-1-16(11-19(17)15-32)24-27-10-7-23(30-24)29-20-3-4-22-18(12-20)13-28-31-22/h1-13H,14-15H2,(H,28,31)(H,27,29,30). The minimum absolute atomic E-state index is 0.388. The van der Waals surface area contributed by atoms with Crippen LogP contribution in [0.15, 0.2) is 79.4 Å². The Kier molecular flexibility index (Phi) is 4.84. The zero-order chi connectivity index (χ0) is 22.9. The molecule has 0 bridgehead atoms. The molecule has 0 spiro atoms. The maximum atomic E-state index is 12.6. The van der Waals surface area contributed by atoms with Crippen LogP contribution in [-0.2, 0) is 13.1 Å². The van der Waals surface area contributed by atoms with E-state index >= 15 is 0 Å². The van der Waals surface area contributed by atoms with Gasteiger partial charge in [0.1, 0.15) is 11.6 Å². The second-order valence-electron chi connectivity index (χ2n) is 7.95. The molecule has 0 saturated heterocycles. The summed E-state index contributed by atoms with van der Waals surface area (Å²) < 4.78 is 5.45. The van der Waals surface area contributed by atoms with Crippen molar-refractivity contribution >= 4 is 28.5 Å². The zero-order valence-electron chi connectivity index (χ0n) is 18.0. The summed E-state index contributed by atoms with van der Waals surface area (Å²) >= 11 is 0. The Hall–Kier alpha value is -4.79. The van der Waals surface area contributed by atoms with Crippen LogP contribution in [0.2, 0.25) is 0 Å². The number of ether oxygens (including phenoxy) is 1. The summed E-state index contributed by atoms with van der Waals surface area (Å²) in [7, 11) is 0. The van der Waals surface area contributed by atoms with Crippen molar-refractivity contribution in [1.29, 1.82) is 0 Å². The van der Waals surface area contributed by atoms with E-state index in [9.17, 15) is 4.79 Å². The summed E-state index contributed by atoms with van der Waals surface area (Å²) in [6.07, 6.45) is 6.30. The van der Waals surface area contributed by atoms with Crippen molar-refractivity contribution < 1.29 is 9.53 Å². The second kappa shape index (κ2) is 8.28. The quantitative estimate of drug-likeness (QED) is 0.410. The number of amides is 1. The van der Waals surface area contributed by atoms with Crippen LogP contribution >= 0.6 is 0 Å². The first kappa shape index (κ1) is 19.9. The number of hydrogen-bond acceptors (Lipinski definition) is 7. The largest absolute Gasteiger partial charge is 0.415 e. The van der Waals surface area contributed by atoms with Crippen LogP contribution in [0.5, 0.6) is 5.75 Å². The lowest BCUT2D eigenvalue weighted by Gasteiger charge is -2.14. The lowest BCUT2D eigenvalue weighted by atomic mass is 10.1. The van der Waals surface area contributed by atoms with Gasteiger partial charge in [-0.05, 0) is 53.6 Å². The molecule has 0 saturated carbocycles. The van der Waals surface area contributed by atoms with Crippen molar-refractivity contribution in [2.45, 2.75) is 13.1 Å². The van der Waals surface area contributed by atoms with Gasteiger partial charge in [-0.3, -0.25) is 15.0 Å². The van der Waals surface area contributed by atoms with Crippen LogP contribution in [-0.4, -0.2) is 36.1 Å². The van der Waals surface area contributed by atoms with Crippen LogP contribution in [0.3, 0.4) is 0 Å². The first-order valence-corrected chi connectivity index (χ1v) is 10.7. The van der Waals surface area contributed by atoms with Gasteiger partial charge in [-0.15, -0.1) is 0 Å². The third-order valence-electron chi connectivity index (χ3n) is 5.67. The molecular weight excluding hydrogens is 430 g/mol. The number of anilines is 2. The van der Waals surface area contributed by atoms with E-state index < -0.39 is 0 Å². The Balaban J connectivity index is 1.19. The van der Waals surface area contributed by atoms with Gasteiger partial charge in [0, 0.05) is 48.3 Å². The summed E-state index contributed by atoms with van der Waals surface area (Å²) in [5, 5.41) is 11.3. The second-order valence-corrected chi connectivity index (χ2v) is 7.95. The molecule has 1 amide bonds. The van der Waals surface area contributed by atoms with E-state index in [-0.39, 0.29) is 6.09 Å². The molecule has 5 aromatic rings. The van der Waals surface area contributed by atoms with Gasteiger partial charge < -0.3 is 10.1 Å². The molecule has 0 atom stereocenters. The molecular formula is C25H19N7O2. The molecule has 1 aliphatic heterocycles. The SMILES string of the molecule is O=C(Oc1ccncc1)N1Cc2ccc(-c3nccc(Nc4ccc5[nH]ncc5c4)n3)cc2C1. The van der Waals surface area contributed by atoms with Crippen molar-refractivity contribution in [2.75, 3.05) is 5.32 Å². The minimum atomic E-state index is -0.388. The highest BCUT2D eigenvalue weighted by Gasteiger charge is 2.25. The average molecular weight is 449 g/mol. The Morgan fingerprint density at radius 1 is 0.971 bits per heavy atom. The van der Waals surface area contributed by atoms with E-state index in [2.05, 4.69) is 30.5 Å². The fraction of sp³-hybridized carbons (Fsp3) is 0.0800. The third-order valence-corrected chi connectivity index (χ3v) is 5.67. The predicted octanol–water partition coefficient (Wildman–Crippen LogP) is 4.67. The fourth-order valence-electron chi connectivity index (χ4n) is 3.97. The van der Waals surface area contributed by atoms with Gasteiger partial charge in [0.25, 0.3) is 0 Å². The smallest absolute Gasteiger partial charge is 0.410 e. The van der Waals surface area contributed by atoms with Crippen LogP contribution in [0.25, 0.3) is 22.3 Å². The van der Waals surface area contributed by atoms with Crippen molar-refractivity contribution in [3.05, 3.63) is 90.5 Å².